The summed E-state index contributed by atoms with van der Waals surface area (Å²) in [5.74, 6) is -2.97. The predicted octanol–water partition coefficient (Wildman–Crippen LogP) is 4.29. The Balaban J connectivity index is 1.74. The highest BCUT2D eigenvalue weighted by atomic mass is 19.1. The van der Waals surface area contributed by atoms with Crippen molar-refractivity contribution in [3.8, 4) is 11.8 Å². The van der Waals surface area contributed by atoms with Crippen molar-refractivity contribution in [2.45, 2.75) is 0 Å². The number of esters is 1. The molecule has 0 spiro atoms. The third-order valence-electron chi connectivity index (χ3n) is 4.19. The number of anilines is 1. The number of rotatable bonds is 6. The Morgan fingerprint density at radius 1 is 0.969 bits per heavy atom. The molecule has 158 valence electrons. The molecule has 0 aliphatic heterocycles. The molecule has 8 heteroatoms. The number of aromatic carboxylic acids is 1. The minimum absolute atomic E-state index is 0.0388. The molecule has 0 aliphatic carbocycles. The van der Waals surface area contributed by atoms with E-state index in [1.807, 2.05) is 0 Å². The Kier molecular flexibility index (Phi) is 6.73. The molecular weight excluding hydrogens is 415 g/mol. The van der Waals surface area contributed by atoms with Gasteiger partial charge in [0.2, 0.25) is 0 Å². The first-order chi connectivity index (χ1) is 15.4. The van der Waals surface area contributed by atoms with E-state index in [0.29, 0.717) is 11.3 Å². The van der Waals surface area contributed by atoms with Gasteiger partial charge in [0.1, 0.15) is 23.2 Å². The van der Waals surface area contributed by atoms with E-state index in [4.69, 9.17) is 9.84 Å². The van der Waals surface area contributed by atoms with Gasteiger partial charge in [0, 0.05) is 5.69 Å². The van der Waals surface area contributed by atoms with E-state index in [1.165, 1.54) is 60.7 Å². The molecule has 0 saturated carbocycles. The molecule has 1 amide bonds. The van der Waals surface area contributed by atoms with Crippen LogP contribution in [0.1, 0.15) is 26.3 Å². The van der Waals surface area contributed by atoms with Gasteiger partial charge in [-0.15, -0.1) is 0 Å². The second-order valence-electron chi connectivity index (χ2n) is 6.48. The highest BCUT2D eigenvalue weighted by molar-refractivity contribution is 6.09. The van der Waals surface area contributed by atoms with Crippen LogP contribution in [0.3, 0.4) is 0 Å². The smallest absolute Gasteiger partial charge is 0.343 e. The molecule has 3 aromatic carbocycles. The number of nitrogens with one attached hydrogen (secondary N) is 1. The van der Waals surface area contributed by atoms with Crippen molar-refractivity contribution >= 4 is 29.6 Å². The maximum absolute atomic E-state index is 13.3. The van der Waals surface area contributed by atoms with E-state index in [0.717, 1.165) is 6.07 Å². The lowest BCUT2D eigenvalue weighted by Crippen LogP contribution is -2.13. The van der Waals surface area contributed by atoms with Crippen LogP contribution < -0.4 is 10.1 Å². The number of carboxylic acids is 1. The molecule has 0 aliphatic rings. The standard InChI is InChI=1S/C24H15FN2O5/c25-19-5-2-4-17(13-19)24(31)32-21-6-1-3-15(12-21)11-18(14-26)22(28)27-20-9-7-16(8-10-20)23(29)30/h1-13H,(H,27,28)(H,29,30)/b18-11+. The second-order valence-corrected chi connectivity index (χ2v) is 6.48. The molecule has 32 heavy (non-hydrogen) atoms. The Bertz CT molecular complexity index is 1260. The van der Waals surface area contributed by atoms with E-state index in [9.17, 15) is 24.0 Å². The fourth-order valence-electron chi connectivity index (χ4n) is 2.66. The average Bonchev–Trinajstić information content (AvgIpc) is 2.78. The normalized spacial score (nSPS) is 10.7. The van der Waals surface area contributed by atoms with Crippen LogP contribution in [0.15, 0.2) is 78.4 Å². The van der Waals surface area contributed by atoms with Gasteiger partial charge in [-0.1, -0.05) is 18.2 Å². The van der Waals surface area contributed by atoms with Crippen LogP contribution in [0.2, 0.25) is 0 Å². The van der Waals surface area contributed by atoms with Crippen molar-refractivity contribution in [3.63, 3.8) is 0 Å². The summed E-state index contributed by atoms with van der Waals surface area (Å²) in [7, 11) is 0. The second kappa shape index (κ2) is 9.82. The number of amides is 1. The number of carbonyl (C=O) groups is 3. The van der Waals surface area contributed by atoms with Gasteiger partial charge in [0.05, 0.1) is 11.1 Å². The summed E-state index contributed by atoms with van der Waals surface area (Å²) in [4.78, 5) is 35.5. The number of hydrogen-bond acceptors (Lipinski definition) is 5. The molecule has 0 radical (unpaired) electrons. The third kappa shape index (κ3) is 5.64. The summed E-state index contributed by atoms with van der Waals surface area (Å²) >= 11 is 0. The number of hydrogen-bond donors (Lipinski definition) is 2. The maximum Gasteiger partial charge on any atom is 0.343 e. The van der Waals surface area contributed by atoms with Gasteiger partial charge in [-0.05, 0) is 66.2 Å². The molecule has 0 fully saturated rings. The van der Waals surface area contributed by atoms with Crippen molar-refractivity contribution in [3.05, 3.63) is 101 Å². The van der Waals surface area contributed by atoms with Crippen LogP contribution in [0.4, 0.5) is 10.1 Å². The summed E-state index contributed by atoms with van der Waals surface area (Å²) in [6.07, 6.45) is 1.31. The van der Waals surface area contributed by atoms with Crippen molar-refractivity contribution in [2.75, 3.05) is 5.32 Å². The summed E-state index contributed by atoms with van der Waals surface area (Å²) in [5, 5.41) is 20.8. The van der Waals surface area contributed by atoms with Crippen molar-refractivity contribution < 1.29 is 28.6 Å². The van der Waals surface area contributed by atoms with Crippen LogP contribution in [-0.4, -0.2) is 23.0 Å². The molecule has 0 atom stereocenters. The zero-order chi connectivity index (χ0) is 23.1. The molecular formula is C24H15FN2O5. The molecule has 3 rings (SSSR count). The summed E-state index contributed by atoms with van der Waals surface area (Å²) in [5.41, 5.74) is 0.614. The van der Waals surface area contributed by atoms with Crippen molar-refractivity contribution in [2.24, 2.45) is 0 Å². The molecule has 0 unspecified atom stereocenters. The van der Waals surface area contributed by atoms with E-state index >= 15 is 0 Å². The number of nitrogens with zero attached hydrogens (tertiary/aromatic N) is 1. The topological polar surface area (TPSA) is 116 Å². The molecule has 0 heterocycles. The largest absolute Gasteiger partial charge is 0.478 e. The van der Waals surface area contributed by atoms with Gasteiger partial charge in [-0.25, -0.2) is 14.0 Å². The van der Waals surface area contributed by atoms with E-state index in [1.54, 1.807) is 18.2 Å². The van der Waals surface area contributed by atoms with Gasteiger partial charge in [0.25, 0.3) is 5.91 Å². The lowest BCUT2D eigenvalue weighted by atomic mass is 10.1. The van der Waals surface area contributed by atoms with Gasteiger partial charge in [-0.2, -0.15) is 5.26 Å². The summed E-state index contributed by atoms with van der Waals surface area (Å²) in [6, 6.07) is 18.4. The molecule has 0 saturated heterocycles. The SMILES string of the molecule is N#C/C(=C\c1cccc(OC(=O)c2cccc(F)c2)c1)C(=O)Nc1ccc(C(=O)O)cc1. The zero-order valence-corrected chi connectivity index (χ0v) is 16.4. The number of halogens is 1. The number of carboxylic acid groups (broad SMARTS) is 1. The lowest BCUT2D eigenvalue weighted by molar-refractivity contribution is -0.112. The van der Waals surface area contributed by atoms with Crippen LogP contribution in [0.25, 0.3) is 6.08 Å². The van der Waals surface area contributed by atoms with Gasteiger partial charge in [0.15, 0.2) is 0 Å². The van der Waals surface area contributed by atoms with Crippen molar-refractivity contribution in [1.82, 2.24) is 0 Å². The number of carbonyl (C=O) groups excluding carboxylic acids is 2. The van der Waals surface area contributed by atoms with Gasteiger partial charge < -0.3 is 15.2 Å². The summed E-state index contributed by atoms with van der Waals surface area (Å²) < 4.78 is 18.5. The van der Waals surface area contributed by atoms with Crippen LogP contribution in [0, 0.1) is 17.1 Å². The van der Waals surface area contributed by atoms with E-state index in [-0.39, 0.29) is 22.4 Å². The first-order valence-corrected chi connectivity index (χ1v) is 9.20. The van der Waals surface area contributed by atoms with Crippen LogP contribution in [0.5, 0.6) is 5.75 Å². The highest BCUT2D eigenvalue weighted by Gasteiger charge is 2.12. The lowest BCUT2D eigenvalue weighted by Gasteiger charge is -2.07. The fourth-order valence-corrected chi connectivity index (χ4v) is 2.66. The average molecular weight is 430 g/mol. The fraction of sp³-hybridized carbons (Fsp3) is 0. The number of ether oxygens (including phenoxy) is 1. The predicted molar refractivity (Wildman–Crippen MR) is 113 cm³/mol. The summed E-state index contributed by atoms with van der Waals surface area (Å²) in [6.45, 7) is 0. The van der Waals surface area contributed by atoms with E-state index in [2.05, 4.69) is 5.32 Å². The first kappa shape index (κ1) is 21.9. The molecule has 2 N–H and O–H groups in total. The molecule has 0 bridgehead atoms. The third-order valence-corrected chi connectivity index (χ3v) is 4.19. The van der Waals surface area contributed by atoms with E-state index < -0.39 is 23.7 Å². The number of benzene rings is 3. The first-order valence-electron chi connectivity index (χ1n) is 9.20. The monoisotopic (exact) mass is 430 g/mol. The van der Waals surface area contributed by atoms with Gasteiger partial charge >= 0.3 is 11.9 Å². The van der Waals surface area contributed by atoms with Crippen LogP contribution >= 0.6 is 0 Å². The highest BCUT2D eigenvalue weighted by Crippen LogP contribution is 2.19. The minimum Gasteiger partial charge on any atom is -0.478 e. The van der Waals surface area contributed by atoms with Gasteiger partial charge in [-0.3, -0.25) is 4.79 Å². The van der Waals surface area contributed by atoms with Crippen molar-refractivity contribution in [1.29, 1.82) is 5.26 Å². The Labute approximate surface area is 182 Å². The minimum atomic E-state index is -1.10. The molecule has 7 nitrogen and oxygen atoms in total. The Morgan fingerprint density at radius 2 is 1.69 bits per heavy atom. The quantitative estimate of drug-likeness (QED) is 0.261. The zero-order valence-electron chi connectivity index (χ0n) is 16.4. The molecule has 3 aromatic rings. The Hall–Kier alpha value is -4.77. The number of nitriles is 1. The Morgan fingerprint density at radius 3 is 2.34 bits per heavy atom. The van der Waals surface area contributed by atoms with Crippen LogP contribution in [-0.2, 0) is 4.79 Å². The molecule has 0 aromatic heterocycles. The maximum atomic E-state index is 13.3.